The summed E-state index contributed by atoms with van der Waals surface area (Å²) in [5.74, 6) is 0.800. The summed E-state index contributed by atoms with van der Waals surface area (Å²) in [6, 6.07) is 1.99. The first-order chi connectivity index (χ1) is 5.63. The molecule has 0 fully saturated rings. The summed E-state index contributed by atoms with van der Waals surface area (Å²) in [5, 5.41) is 0. The molecule has 1 unspecified atom stereocenters. The first-order valence-corrected chi connectivity index (χ1v) is 4.21. The van der Waals surface area contributed by atoms with Crippen LogP contribution >= 0.6 is 0 Å². The van der Waals surface area contributed by atoms with Crippen LogP contribution in [0.2, 0.25) is 0 Å². The second-order valence-corrected chi connectivity index (χ2v) is 3.00. The molecule has 1 rings (SSSR count). The molecule has 1 heterocycles. The number of rotatable bonds is 2. The number of aryl methyl sites for hydroxylation is 2. The molecule has 0 spiro atoms. The minimum Gasteiger partial charge on any atom is -0.323 e. The molecule has 0 amide bonds. The molecule has 2 N–H and O–H groups in total. The van der Waals surface area contributed by atoms with Gasteiger partial charge in [-0.05, 0) is 26.3 Å². The highest BCUT2D eigenvalue weighted by molar-refractivity contribution is 5.12. The molecular formula is C9H15N3. The molecule has 0 bridgehead atoms. The van der Waals surface area contributed by atoms with Gasteiger partial charge in [0.25, 0.3) is 0 Å². The zero-order valence-corrected chi connectivity index (χ0v) is 7.83. The van der Waals surface area contributed by atoms with Crippen LogP contribution in [0, 0.1) is 13.8 Å². The number of hydrogen-bond acceptors (Lipinski definition) is 3. The van der Waals surface area contributed by atoms with Crippen LogP contribution < -0.4 is 5.73 Å². The van der Waals surface area contributed by atoms with Gasteiger partial charge in [0, 0.05) is 11.7 Å². The Labute approximate surface area is 73.0 Å². The van der Waals surface area contributed by atoms with E-state index in [1.54, 1.807) is 0 Å². The second-order valence-electron chi connectivity index (χ2n) is 3.00. The zero-order chi connectivity index (χ0) is 9.14. The molecule has 0 aliphatic heterocycles. The Kier molecular flexibility index (Phi) is 2.76. The number of nitrogens with zero attached hydrogens (tertiary/aromatic N) is 2. The highest BCUT2D eigenvalue weighted by Crippen LogP contribution is 2.11. The molecular weight excluding hydrogens is 150 g/mol. The minimum absolute atomic E-state index is 0.0467. The van der Waals surface area contributed by atoms with Gasteiger partial charge in [-0.15, -0.1) is 0 Å². The van der Waals surface area contributed by atoms with Gasteiger partial charge in [0.15, 0.2) is 0 Å². The third-order valence-corrected chi connectivity index (χ3v) is 1.81. The number of nitrogens with two attached hydrogens (primary N) is 1. The standard InChI is InChI=1S/C9H15N3/c1-4-8(10)9-5-6(2)11-7(3)12-9/h5,8H,4,10H2,1-3H3. The molecule has 3 nitrogen and oxygen atoms in total. The summed E-state index contributed by atoms with van der Waals surface area (Å²) in [6.45, 7) is 5.90. The van der Waals surface area contributed by atoms with Gasteiger partial charge in [-0.1, -0.05) is 6.92 Å². The molecule has 1 atom stereocenters. The molecule has 3 heteroatoms. The minimum atomic E-state index is 0.0467. The van der Waals surface area contributed by atoms with E-state index in [0.717, 1.165) is 23.6 Å². The van der Waals surface area contributed by atoms with Gasteiger partial charge in [0.05, 0.1) is 5.69 Å². The van der Waals surface area contributed by atoms with Gasteiger partial charge in [0.1, 0.15) is 5.82 Å². The van der Waals surface area contributed by atoms with Gasteiger partial charge >= 0.3 is 0 Å². The van der Waals surface area contributed by atoms with Crippen molar-refractivity contribution in [3.63, 3.8) is 0 Å². The van der Waals surface area contributed by atoms with Crippen LogP contribution in [0.25, 0.3) is 0 Å². The SMILES string of the molecule is CCC(N)c1cc(C)nc(C)n1. The van der Waals surface area contributed by atoms with Crippen molar-refractivity contribution >= 4 is 0 Å². The maximum Gasteiger partial charge on any atom is 0.125 e. The fourth-order valence-electron chi connectivity index (χ4n) is 1.14. The first-order valence-electron chi connectivity index (χ1n) is 4.21. The maximum atomic E-state index is 5.84. The van der Waals surface area contributed by atoms with E-state index in [2.05, 4.69) is 16.9 Å². The van der Waals surface area contributed by atoms with Crippen LogP contribution in [0.4, 0.5) is 0 Å². The lowest BCUT2D eigenvalue weighted by Crippen LogP contribution is -2.12. The Morgan fingerprint density at radius 2 is 2.08 bits per heavy atom. The van der Waals surface area contributed by atoms with Gasteiger partial charge in [-0.2, -0.15) is 0 Å². The molecule has 0 aliphatic carbocycles. The number of hydrogen-bond donors (Lipinski definition) is 1. The van der Waals surface area contributed by atoms with E-state index in [1.165, 1.54) is 0 Å². The van der Waals surface area contributed by atoms with E-state index in [0.29, 0.717) is 0 Å². The second kappa shape index (κ2) is 3.63. The third-order valence-electron chi connectivity index (χ3n) is 1.81. The third kappa shape index (κ3) is 2.01. The van der Waals surface area contributed by atoms with Crippen molar-refractivity contribution in [2.75, 3.05) is 0 Å². The monoisotopic (exact) mass is 165 g/mol. The normalized spacial score (nSPS) is 13.0. The Hall–Kier alpha value is -0.960. The van der Waals surface area contributed by atoms with E-state index in [-0.39, 0.29) is 6.04 Å². The average molecular weight is 165 g/mol. The maximum absolute atomic E-state index is 5.84. The van der Waals surface area contributed by atoms with Crippen molar-refractivity contribution in [1.82, 2.24) is 9.97 Å². The van der Waals surface area contributed by atoms with E-state index >= 15 is 0 Å². The van der Waals surface area contributed by atoms with Crippen molar-refractivity contribution < 1.29 is 0 Å². The van der Waals surface area contributed by atoms with Crippen molar-refractivity contribution in [1.29, 1.82) is 0 Å². The van der Waals surface area contributed by atoms with Crippen LogP contribution in [0.5, 0.6) is 0 Å². The van der Waals surface area contributed by atoms with Crippen LogP contribution in [0.3, 0.4) is 0 Å². The highest BCUT2D eigenvalue weighted by atomic mass is 14.9. The molecule has 1 aromatic heterocycles. The predicted molar refractivity (Wildman–Crippen MR) is 48.7 cm³/mol. The van der Waals surface area contributed by atoms with E-state index in [4.69, 9.17) is 5.73 Å². The van der Waals surface area contributed by atoms with Crippen molar-refractivity contribution in [3.05, 3.63) is 23.3 Å². The molecule has 12 heavy (non-hydrogen) atoms. The van der Waals surface area contributed by atoms with Gasteiger partial charge in [0.2, 0.25) is 0 Å². The summed E-state index contributed by atoms with van der Waals surface area (Å²) < 4.78 is 0. The summed E-state index contributed by atoms with van der Waals surface area (Å²) in [4.78, 5) is 8.45. The van der Waals surface area contributed by atoms with Crippen molar-refractivity contribution in [3.8, 4) is 0 Å². The van der Waals surface area contributed by atoms with Crippen LogP contribution in [-0.2, 0) is 0 Å². The first kappa shape index (κ1) is 9.13. The predicted octanol–water partition coefficient (Wildman–Crippen LogP) is 1.50. The highest BCUT2D eigenvalue weighted by Gasteiger charge is 2.05. The van der Waals surface area contributed by atoms with Gasteiger partial charge in [-0.3, -0.25) is 0 Å². The van der Waals surface area contributed by atoms with Crippen LogP contribution in [0.15, 0.2) is 6.07 Å². The lowest BCUT2D eigenvalue weighted by atomic mass is 10.1. The topological polar surface area (TPSA) is 51.8 Å². The Bertz CT molecular complexity index is 250. The van der Waals surface area contributed by atoms with E-state index in [1.807, 2.05) is 19.9 Å². The molecule has 0 aromatic carbocycles. The van der Waals surface area contributed by atoms with Crippen LogP contribution in [0.1, 0.15) is 36.6 Å². The zero-order valence-electron chi connectivity index (χ0n) is 7.83. The quantitative estimate of drug-likeness (QED) is 0.722. The summed E-state index contributed by atoms with van der Waals surface area (Å²) in [7, 11) is 0. The average Bonchev–Trinajstić information content (AvgIpc) is 2.01. The summed E-state index contributed by atoms with van der Waals surface area (Å²) >= 11 is 0. The smallest absolute Gasteiger partial charge is 0.125 e. The Balaban J connectivity index is 3.00. The fraction of sp³-hybridized carbons (Fsp3) is 0.556. The Morgan fingerprint density at radius 3 is 2.58 bits per heavy atom. The molecule has 66 valence electrons. The lowest BCUT2D eigenvalue weighted by Gasteiger charge is -2.08. The number of aromatic nitrogens is 2. The van der Waals surface area contributed by atoms with Crippen molar-refractivity contribution in [2.45, 2.75) is 33.2 Å². The van der Waals surface area contributed by atoms with Crippen molar-refractivity contribution in [2.24, 2.45) is 5.73 Å². The molecule has 1 aromatic rings. The van der Waals surface area contributed by atoms with E-state index in [9.17, 15) is 0 Å². The summed E-state index contributed by atoms with van der Waals surface area (Å²) in [5.41, 5.74) is 7.78. The largest absolute Gasteiger partial charge is 0.323 e. The molecule has 0 aliphatic rings. The van der Waals surface area contributed by atoms with Gasteiger partial charge < -0.3 is 5.73 Å². The Morgan fingerprint density at radius 1 is 1.42 bits per heavy atom. The molecule has 0 radical (unpaired) electrons. The summed E-state index contributed by atoms with van der Waals surface area (Å²) in [6.07, 6.45) is 0.913. The van der Waals surface area contributed by atoms with E-state index < -0.39 is 0 Å². The van der Waals surface area contributed by atoms with Crippen LogP contribution in [-0.4, -0.2) is 9.97 Å². The molecule has 0 saturated heterocycles. The lowest BCUT2D eigenvalue weighted by molar-refractivity contribution is 0.666. The molecule has 0 saturated carbocycles. The van der Waals surface area contributed by atoms with Gasteiger partial charge in [-0.25, -0.2) is 9.97 Å². The fourth-order valence-corrected chi connectivity index (χ4v) is 1.14.